The van der Waals surface area contributed by atoms with Gasteiger partial charge < -0.3 is 5.73 Å². The first-order chi connectivity index (χ1) is 8.70. The fourth-order valence-corrected chi connectivity index (χ4v) is 2.83. The van der Waals surface area contributed by atoms with Gasteiger partial charge in [0.15, 0.2) is 11.6 Å². The van der Waals surface area contributed by atoms with Crippen LogP contribution >= 0.6 is 0 Å². The Morgan fingerprint density at radius 2 is 2.05 bits per heavy atom. The molecule has 1 rings (SSSR count). The minimum Gasteiger partial charge on any atom is -0.399 e. The van der Waals surface area contributed by atoms with E-state index < -0.39 is 32.5 Å². The number of benzene rings is 1. The summed E-state index contributed by atoms with van der Waals surface area (Å²) in [7, 11) is -3.05. The molecule has 5 nitrogen and oxygen atoms in total. The third kappa shape index (κ3) is 3.19. The first kappa shape index (κ1) is 15.3. The summed E-state index contributed by atoms with van der Waals surface area (Å²) in [6.45, 7) is 1.39. The molecule has 0 aliphatic rings. The Morgan fingerprint density at radius 1 is 1.47 bits per heavy atom. The molecule has 0 aliphatic carbocycles. The Hall–Kier alpha value is -1.72. The van der Waals surface area contributed by atoms with E-state index in [9.17, 15) is 17.2 Å². The van der Waals surface area contributed by atoms with Gasteiger partial charge in [-0.05, 0) is 19.1 Å². The van der Waals surface area contributed by atoms with Gasteiger partial charge in [0.05, 0.1) is 12.0 Å². The maximum Gasteiger partial charge on any atom is 0.245 e. The van der Waals surface area contributed by atoms with Crippen LogP contribution in [0.3, 0.4) is 0 Å². The number of nitrogen functional groups attached to an aromatic ring is 1. The maximum atomic E-state index is 13.6. The van der Waals surface area contributed by atoms with E-state index in [0.717, 1.165) is 10.4 Å². The Labute approximate surface area is 110 Å². The molecule has 1 unspecified atom stereocenters. The number of anilines is 1. The molecule has 0 fully saturated rings. The van der Waals surface area contributed by atoms with E-state index in [0.29, 0.717) is 6.07 Å². The van der Waals surface area contributed by atoms with E-state index in [-0.39, 0.29) is 12.2 Å². The number of nitrogens with zero attached hydrogens (tertiary/aromatic N) is 2. The van der Waals surface area contributed by atoms with Gasteiger partial charge in [-0.15, -0.1) is 0 Å². The molecule has 0 heterocycles. The molecule has 0 aliphatic heterocycles. The quantitative estimate of drug-likeness (QED) is 0.847. The summed E-state index contributed by atoms with van der Waals surface area (Å²) in [5, 5.41) is 8.64. The summed E-state index contributed by atoms with van der Waals surface area (Å²) in [4.78, 5) is -0.836. The Bertz CT molecular complexity index is 626. The second kappa shape index (κ2) is 5.50. The highest BCUT2D eigenvalue weighted by Gasteiger charge is 2.27. The van der Waals surface area contributed by atoms with Crippen molar-refractivity contribution in [1.82, 2.24) is 4.31 Å². The molecule has 0 radical (unpaired) electrons. The van der Waals surface area contributed by atoms with E-state index in [1.165, 1.54) is 14.0 Å². The summed E-state index contributed by atoms with van der Waals surface area (Å²) in [5.41, 5.74) is 5.12. The summed E-state index contributed by atoms with van der Waals surface area (Å²) < 4.78 is 51.6. The van der Waals surface area contributed by atoms with Gasteiger partial charge in [0.2, 0.25) is 10.0 Å². The summed E-state index contributed by atoms with van der Waals surface area (Å²) in [5.74, 6) is -3.39. The first-order valence-corrected chi connectivity index (χ1v) is 6.74. The third-order valence-electron chi connectivity index (χ3n) is 2.46. The van der Waals surface area contributed by atoms with Crippen LogP contribution in [0.1, 0.15) is 6.92 Å². The summed E-state index contributed by atoms with van der Waals surface area (Å²) in [6, 6.07) is 3.41. The molecule has 104 valence electrons. The van der Waals surface area contributed by atoms with Crippen LogP contribution in [0.2, 0.25) is 0 Å². The van der Waals surface area contributed by atoms with Crippen LogP contribution in [0, 0.1) is 28.9 Å². The molecular formula is C11H13F2N3O2S. The zero-order valence-electron chi connectivity index (χ0n) is 10.4. The number of sulfonamides is 1. The molecule has 0 spiro atoms. The smallest absolute Gasteiger partial charge is 0.245 e. The van der Waals surface area contributed by atoms with E-state index in [1.807, 2.05) is 6.07 Å². The van der Waals surface area contributed by atoms with Crippen molar-refractivity contribution in [2.24, 2.45) is 5.92 Å². The molecule has 0 aromatic heterocycles. The maximum absolute atomic E-state index is 13.6. The van der Waals surface area contributed by atoms with Crippen molar-refractivity contribution in [3.8, 4) is 6.07 Å². The van der Waals surface area contributed by atoms with E-state index in [2.05, 4.69) is 0 Å². The van der Waals surface area contributed by atoms with Crippen LogP contribution in [0.25, 0.3) is 0 Å². The lowest BCUT2D eigenvalue weighted by Gasteiger charge is -2.18. The van der Waals surface area contributed by atoms with Crippen LogP contribution in [0.5, 0.6) is 0 Å². The van der Waals surface area contributed by atoms with Crippen molar-refractivity contribution in [3.63, 3.8) is 0 Å². The predicted octanol–water partition coefficient (Wildman–Crippen LogP) is 1.33. The molecule has 0 saturated heterocycles. The van der Waals surface area contributed by atoms with Gasteiger partial charge in [-0.1, -0.05) is 0 Å². The Morgan fingerprint density at radius 3 is 2.58 bits per heavy atom. The van der Waals surface area contributed by atoms with Gasteiger partial charge in [-0.3, -0.25) is 0 Å². The number of hydrogen-bond donors (Lipinski definition) is 1. The lowest BCUT2D eigenvalue weighted by atomic mass is 10.2. The Kier molecular flexibility index (Phi) is 4.44. The number of nitrogens with two attached hydrogens (primary N) is 1. The largest absolute Gasteiger partial charge is 0.399 e. The van der Waals surface area contributed by atoms with Crippen LogP contribution in [0.15, 0.2) is 17.0 Å². The second-order valence-electron chi connectivity index (χ2n) is 4.13. The average molecular weight is 289 g/mol. The normalized spacial score (nSPS) is 13.3. The number of halogens is 2. The zero-order chi connectivity index (χ0) is 14.8. The molecule has 0 saturated carbocycles. The number of hydrogen-bond acceptors (Lipinski definition) is 4. The van der Waals surface area contributed by atoms with E-state index >= 15 is 0 Å². The van der Waals surface area contributed by atoms with E-state index in [4.69, 9.17) is 11.0 Å². The second-order valence-corrected chi connectivity index (χ2v) is 6.14. The minimum atomic E-state index is -4.23. The highest BCUT2D eigenvalue weighted by atomic mass is 32.2. The highest BCUT2D eigenvalue weighted by Crippen LogP contribution is 2.24. The number of rotatable bonds is 4. The number of nitriles is 1. The van der Waals surface area contributed by atoms with Crippen LogP contribution in [0.4, 0.5) is 14.5 Å². The lowest BCUT2D eigenvalue weighted by Crippen LogP contribution is -2.31. The molecule has 2 N–H and O–H groups in total. The predicted molar refractivity (Wildman–Crippen MR) is 65.4 cm³/mol. The van der Waals surface area contributed by atoms with Gasteiger partial charge in [0.1, 0.15) is 4.90 Å². The molecule has 0 bridgehead atoms. The summed E-state index contributed by atoms with van der Waals surface area (Å²) >= 11 is 0. The standard InChI is InChI=1S/C11H13F2N3O2S/c1-7(5-14)6-16(2)19(17,18)10-4-8(15)3-9(12)11(10)13/h3-4,7H,6,15H2,1-2H3. The third-order valence-corrected chi connectivity index (χ3v) is 4.28. The topological polar surface area (TPSA) is 87.2 Å². The molecule has 19 heavy (non-hydrogen) atoms. The molecule has 1 aromatic rings. The van der Waals surface area contributed by atoms with Crippen LogP contribution in [-0.2, 0) is 10.0 Å². The van der Waals surface area contributed by atoms with Crippen molar-refractivity contribution in [2.75, 3.05) is 19.3 Å². The molecular weight excluding hydrogens is 276 g/mol. The fourth-order valence-electron chi connectivity index (χ4n) is 1.46. The minimum absolute atomic E-state index is 0.130. The van der Waals surface area contributed by atoms with Gasteiger partial charge in [-0.2, -0.15) is 9.57 Å². The van der Waals surface area contributed by atoms with Crippen molar-refractivity contribution in [2.45, 2.75) is 11.8 Å². The SMILES string of the molecule is CC(C#N)CN(C)S(=O)(=O)c1cc(N)cc(F)c1F. The van der Waals surface area contributed by atoms with Gasteiger partial charge >= 0.3 is 0 Å². The van der Waals surface area contributed by atoms with Crippen molar-refractivity contribution < 1.29 is 17.2 Å². The molecule has 1 aromatic carbocycles. The lowest BCUT2D eigenvalue weighted by molar-refractivity contribution is 0.428. The van der Waals surface area contributed by atoms with Crippen molar-refractivity contribution in [1.29, 1.82) is 5.26 Å². The zero-order valence-corrected chi connectivity index (χ0v) is 11.2. The van der Waals surface area contributed by atoms with Gasteiger partial charge in [0, 0.05) is 19.3 Å². The van der Waals surface area contributed by atoms with Gasteiger partial charge in [-0.25, -0.2) is 17.2 Å². The molecule has 1 atom stereocenters. The molecule has 8 heteroatoms. The van der Waals surface area contributed by atoms with Crippen molar-refractivity contribution in [3.05, 3.63) is 23.8 Å². The van der Waals surface area contributed by atoms with E-state index in [1.54, 1.807) is 0 Å². The van der Waals surface area contributed by atoms with Gasteiger partial charge in [0.25, 0.3) is 0 Å². The average Bonchev–Trinajstić information content (AvgIpc) is 2.33. The van der Waals surface area contributed by atoms with Crippen molar-refractivity contribution >= 4 is 15.7 Å². The van der Waals surface area contributed by atoms with Crippen LogP contribution in [-0.4, -0.2) is 26.3 Å². The van der Waals surface area contributed by atoms with Crippen LogP contribution < -0.4 is 5.73 Å². The first-order valence-electron chi connectivity index (χ1n) is 5.30. The fraction of sp³-hybridized carbons (Fsp3) is 0.364. The molecule has 0 amide bonds. The Balaban J connectivity index is 3.25. The monoisotopic (exact) mass is 289 g/mol. The highest BCUT2D eigenvalue weighted by molar-refractivity contribution is 7.89. The summed E-state index contributed by atoms with van der Waals surface area (Å²) in [6.07, 6.45) is 0.